The molecule has 0 amide bonds. The Morgan fingerprint density at radius 1 is 0.711 bits per heavy atom. The van der Waals surface area contributed by atoms with Gasteiger partial charge in [0.2, 0.25) is 0 Å². The molecule has 0 N–H and O–H groups in total. The summed E-state index contributed by atoms with van der Waals surface area (Å²) in [7, 11) is -1.47. The fourth-order valence-electron chi connectivity index (χ4n) is 4.40. The molecule has 3 aromatic heterocycles. The summed E-state index contributed by atoms with van der Waals surface area (Å²) in [5.74, 6) is 0. The first-order valence-corrected chi connectivity index (χ1v) is 16.0. The van der Waals surface area contributed by atoms with Crippen LogP contribution in [0.2, 0.25) is 19.6 Å². The molecule has 0 bridgehead atoms. The molecule has 0 unspecified atom stereocenters. The van der Waals surface area contributed by atoms with Gasteiger partial charge in [0.05, 0.1) is 13.7 Å². The predicted octanol–water partition coefficient (Wildman–Crippen LogP) is 8.16. The largest absolute Gasteiger partial charge is 0.501 e. The second-order valence-electron chi connectivity index (χ2n) is 10.3. The van der Waals surface area contributed by atoms with Gasteiger partial charge in [0.15, 0.2) is 0 Å². The number of aromatic nitrogens is 2. The molecule has 0 fully saturated rings. The van der Waals surface area contributed by atoms with E-state index < -0.39 is 8.07 Å². The van der Waals surface area contributed by atoms with Crippen LogP contribution in [0, 0.1) is 26.0 Å². The van der Waals surface area contributed by atoms with Crippen LogP contribution < -0.4 is 5.19 Å². The van der Waals surface area contributed by atoms with E-state index in [0.29, 0.717) is 0 Å². The average molecular weight is 691 g/mol. The van der Waals surface area contributed by atoms with E-state index in [0.717, 1.165) is 39.2 Å². The second kappa shape index (κ2) is 11.6. The van der Waals surface area contributed by atoms with E-state index in [1.807, 2.05) is 68.7 Å². The van der Waals surface area contributed by atoms with Crippen LogP contribution in [0.15, 0.2) is 95.7 Å². The number of pyridine rings is 2. The Morgan fingerprint density at radius 2 is 1.42 bits per heavy atom. The van der Waals surface area contributed by atoms with Gasteiger partial charge in [-0.25, -0.2) is 0 Å². The van der Waals surface area contributed by atoms with E-state index in [1.165, 1.54) is 21.5 Å². The molecule has 1 radical (unpaired) electrons. The maximum atomic E-state index is 6.26. The molecule has 3 aromatic carbocycles. The number of nitrogens with zero attached hydrogens (tertiary/aromatic N) is 2. The molecular weight excluding hydrogens is 661 g/mol. The van der Waals surface area contributed by atoms with Crippen molar-refractivity contribution < 1.29 is 24.5 Å². The molecule has 6 rings (SSSR count). The van der Waals surface area contributed by atoms with Gasteiger partial charge in [0, 0.05) is 37.9 Å². The van der Waals surface area contributed by atoms with Crippen LogP contribution in [0.1, 0.15) is 11.1 Å². The summed E-state index contributed by atoms with van der Waals surface area (Å²) < 4.78 is 6.26. The quantitative estimate of drug-likeness (QED) is 0.139. The molecule has 3 nitrogen and oxygen atoms in total. The minimum Gasteiger partial charge on any atom is -0.501 e. The number of aryl methyl sites for hydroxylation is 2. The van der Waals surface area contributed by atoms with E-state index in [-0.39, 0.29) is 20.1 Å². The van der Waals surface area contributed by atoms with Crippen LogP contribution in [0.5, 0.6) is 0 Å². The Bertz CT molecular complexity index is 1650. The number of rotatable bonds is 3. The molecule has 0 saturated carbocycles. The molecule has 0 aliphatic carbocycles. The molecule has 6 aromatic rings. The molecule has 0 aliphatic rings. The van der Waals surface area contributed by atoms with E-state index in [2.05, 4.69) is 78.1 Å². The summed E-state index contributed by atoms with van der Waals surface area (Å²) in [6.07, 6.45) is 3.76. The first-order chi connectivity index (χ1) is 17.8. The van der Waals surface area contributed by atoms with Crippen molar-refractivity contribution >= 4 is 35.2 Å². The van der Waals surface area contributed by atoms with Crippen molar-refractivity contribution in [3.8, 4) is 22.5 Å². The summed E-state index contributed by atoms with van der Waals surface area (Å²) >= 11 is 0. The Morgan fingerprint density at radius 3 is 2.03 bits per heavy atom. The summed E-state index contributed by atoms with van der Waals surface area (Å²) in [6, 6.07) is 33.0. The molecule has 38 heavy (non-hydrogen) atoms. The van der Waals surface area contributed by atoms with Crippen LogP contribution in [0.3, 0.4) is 0 Å². The Labute approximate surface area is 239 Å². The van der Waals surface area contributed by atoms with E-state index >= 15 is 0 Å². The first-order valence-electron chi connectivity index (χ1n) is 12.5. The van der Waals surface area contributed by atoms with Crippen LogP contribution >= 0.6 is 0 Å². The second-order valence-corrected chi connectivity index (χ2v) is 15.4. The third-order valence-corrected chi connectivity index (χ3v) is 8.36. The van der Waals surface area contributed by atoms with Gasteiger partial charge in [0.25, 0.3) is 0 Å². The Balaban J connectivity index is 0.000000204. The van der Waals surface area contributed by atoms with Crippen LogP contribution in [-0.4, -0.2) is 18.0 Å². The van der Waals surface area contributed by atoms with E-state index in [1.54, 1.807) is 0 Å². The van der Waals surface area contributed by atoms with Gasteiger partial charge in [-0.1, -0.05) is 72.2 Å². The maximum Gasteiger partial charge on any atom is 0.120 e. The third-order valence-electron chi connectivity index (χ3n) is 6.33. The number of furan rings is 1. The SMILES string of the molecule is Cc1ccc(-c2[c-]ccc3c2oc2cccc([Si](C)(C)C)c23)nc1.Cc1ccc(-c2[c-]cccc2)nc1.[Ir]. The molecule has 5 heteroatoms. The van der Waals surface area contributed by atoms with Gasteiger partial charge in [0.1, 0.15) is 5.58 Å². The molecule has 193 valence electrons. The number of benzene rings is 3. The van der Waals surface area contributed by atoms with Gasteiger partial charge in [-0.05, 0) is 42.4 Å². The number of fused-ring (bicyclic) bond motifs is 3. The summed E-state index contributed by atoms with van der Waals surface area (Å²) in [4.78, 5) is 8.87. The summed E-state index contributed by atoms with van der Waals surface area (Å²) in [5, 5.41) is 3.86. The van der Waals surface area contributed by atoms with Gasteiger partial charge >= 0.3 is 0 Å². The Kier molecular flexibility index (Phi) is 8.42. The van der Waals surface area contributed by atoms with Crippen molar-refractivity contribution in [1.29, 1.82) is 0 Å². The van der Waals surface area contributed by atoms with Crippen molar-refractivity contribution in [2.75, 3.05) is 0 Å². The van der Waals surface area contributed by atoms with Crippen molar-refractivity contribution in [2.45, 2.75) is 33.5 Å². The van der Waals surface area contributed by atoms with Crippen molar-refractivity contribution in [1.82, 2.24) is 9.97 Å². The first kappa shape index (κ1) is 27.7. The van der Waals surface area contributed by atoms with Gasteiger partial charge in [-0.2, -0.15) is 0 Å². The summed E-state index contributed by atoms with van der Waals surface area (Å²) in [5.41, 5.74) is 8.03. The molecule has 0 saturated heterocycles. The summed E-state index contributed by atoms with van der Waals surface area (Å²) in [6.45, 7) is 11.2. The predicted molar refractivity (Wildman–Crippen MR) is 157 cm³/mol. The Hall–Kier alpha value is -3.37. The van der Waals surface area contributed by atoms with Gasteiger partial charge < -0.3 is 14.4 Å². The average Bonchev–Trinajstić information content (AvgIpc) is 3.29. The van der Waals surface area contributed by atoms with Crippen LogP contribution in [0.25, 0.3) is 44.5 Å². The van der Waals surface area contributed by atoms with Crippen molar-refractivity contribution in [3.05, 3.63) is 115 Å². The van der Waals surface area contributed by atoms with Crippen LogP contribution in [0.4, 0.5) is 0 Å². The zero-order chi connectivity index (χ0) is 26.0. The van der Waals surface area contributed by atoms with E-state index in [4.69, 9.17) is 4.42 Å². The fraction of sp³-hybridized carbons (Fsp3) is 0.152. The van der Waals surface area contributed by atoms with Crippen LogP contribution in [-0.2, 0) is 20.1 Å². The molecule has 0 atom stereocenters. The molecule has 0 aliphatic heterocycles. The zero-order valence-electron chi connectivity index (χ0n) is 22.3. The fourth-order valence-corrected chi connectivity index (χ4v) is 6.01. The standard InChI is InChI=1S/C21H20NOSi.C12H10N.Ir/c1-14-11-12-17(22-13-14)15-7-5-8-16-20-18(23-21(15)16)9-6-10-19(20)24(2,3)4;1-10-7-8-12(13-9-10)11-5-3-2-4-6-11;/h5-6,8-13H,1-4H3;2-5,7-9H,1H3;/q2*-1;. The smallest absolute Gasteiger partial charge is 0.120 e. The minimum atomic E-state index is -1.47. The van der Waals surface area contributed by atoms with Crippen molar-refractivity contribution in [2.24, 2.45) is 0 Å². The van der Waals surface area contributed by atoms with Gasteiger partial charge in [-0.15, -0.1) is 54.1 Å². The topological polar surface area (TPSA) is 38.9 Å². The monoisotopic (exact) mass is 691 g/mol. The zero-order valence-corrected chi connectivity index (χ0v) is 25.7. The maximum absolute atomic E-state index is 6.26. The van der Waals surface area contributed by atoms with Crippen molar-refractivity contribution in [3.63, 3.8) is 0 Å². The molecular formula is C33H30IrN2OSi-2. The normalized spacial score (nSPS) is 11.1. The molecule has 3 heterocycles. The number of hydrogen-bond acceptors (Lipinski definition) is 3. The van der Waals surface area contributed by atoms with Gasteiger partial charge in [-0.3, -0.25) is 0 Å². The third kappa shape index (κ3) is 5.86. The minimum absolute atomic E-state index is 0. The molecule has 0 spiro atoms. The van der Waals surface area contributed by atoms with E-state index in [9.17, 15) is 0 Å². The number of hydrogen-bond donors (Lipinski definition) is 0.